The number of carbonyl (C=O) groups excluding carboxylic acids is 3. The maximum atomic E-state index is 13.0. The zero-order valence-corrected chi connectivity index (χ0v) is 75.9. The van der Waals surface area contributed by atoms with Gasteiger partial charge in [-0.15, -0.1) is 0 Å². The van der Waals surface area contributed by atoms with E-state index in [1.165, 1.54) is 161 Å². The normalized spacial score (nSPS) is 14.5. The summed E-state index contributed by atoms with van der Waals surface area (Å²) >= 11 is 0. The van der Waals surface area contributed by atoms with Crippen LogP contribution in [0.3, 0.4) is 0 Å². The average molecular weight is 1680 g/mol. The fourth-order valence-corrected chi connectivity index (χ4v) is 14.3. The van der Waals surface area contributed by atoms with Gasteiger partial charge in [0.15, 0.2) is 6.10 Å². The number of ether oxygens (including phenoxy) is 3. The molecule has 0 rings (SSSR count). The van der Waals surface area contributed by atoms with Gasteiger partial charge in [0.2, 0.25) is 0 Å². The Kier molecular flexibility index (Phi) is 86.7. The van der Waals surface area contributed by atoms with Crippen molar-refractivity contribution in [1.82, 2.24) is 0 Å². The van der Waals surface area contributed by atoms with Crippen molar-refractivity contribution in [3.63, 3.8) is 0 Å². The topological polar surface area (TPSA) is 231 Å². The first-order chi connectivity index (χ1) is 57.2. The van der Waals surface area contributed by atoms with Gasteiger partial charge in [-0.3, -0.25) is 32.5 Å². The third-order valence-electron chi connectivity index (χ3n) is 19.7. The summed E-state index contributed by atoms with van der Waals surface area (Å²) in [6.07, 6.45) is 116. The second-order valence-electron chi connectivity index (χ2n) is 31.0. The predicted molar refractivity (Wildman–Crippen MR) is 491 cm³/mol. The third-order valence-corrected chi connectivity index (χ3v) is 21.6. The molecule has 0 bridgehead atoms. The number of hydrogen-bond acceptors (Lipinski definition) is 14. The van der Waals surface area contributed by atoms with Gasteiger partial charge in [0.25, 0.3) is 0 Å². The molecule has 0 aliphatic carbocycles. The fraction of sp³-hybridized carbons (Fsp3) is 0.707. The SMILES string of the molecule is CC/C=C\C/C=C\C/C=C\C/C=C\C/C=C\C/C=C\CCCCCCCCCCCCC(=O)OCC(COP(=O)(O)OCC(O)COP(=O)(O)OCC(O)COC(=O)CCCCCCCCCCCCCCCCCCCCC/C=C\C/C=C\C/C=C\C/C=C\CCCCC)OC(=O)CCCCCCCCC/C=C\C/C=C\C/C=C\CC. The largest absolute Gasteiger partial charge is 0.472 e. The lowest BCUT2D eigenvalue weighted by Gasteiger charge is -2.21. The average Bonchev–Trinajstić information content (AvgIpc) is 0.876. The Labute approximate surface area is 714 Å². The molecule has 0 heterocycles. The van der Waals surface area contributed by atoms with Gasteiger partial charge in [0.05, 0.1) is 26.4 Å². The smallest absolute Gasteiger partial charge is 0.463 e. The standard InChI is InChI=1S/C99H170O16P2/c1-4-7-10-13-16-19-22-25-28-31-33-35-37-39-41-43-44-45-46-47-48-50-52-53-55-57-59-62-64-67-70-73-76-79-82-85-97(102)109-88-94(100)89-111-116(105,106)112-90-95(101)91-113-117(107,108)114-93-96(115-99(104)87-84-81-78-75-72-69-66-61-30-27-24-21-18-15-12-9-6-3)92-110-98(103)86-83-80-77-74-71-68-65-63-60-58-56-54-51-49-42-40-38-36-34-32-29-26-23-20-17-14-11-8-5-2/h8-9,11-12,16-21,25-30,33-36,39-42,51,54,94-96,100-101H,4-7,10,13-15,22-24,31-32,37-38,43-50,52-53,55-93H2,1-3H3,(H,105,106)(H,107,108)/b11-8-,12-9-,19-16-,20-17-,21-18-,28-25-,29-26-,30-27-,35-33-,36-34-,41-39-,42-40-,54-51-. The number of rotatable bonds is 88. The lowest BCUT2D eigenvalue weighted by atomic mass is 10.0. The monoisotopic (exact) mass is 1680 g/mol. The van der Waals surface area contributed by atoms with Crippen molar-refractivity contribution in [1.29, 1.82) is 0 Å². The maximum absolute atomic E-state index is 13.0. The van der Waals surface area contributed by atoms with Crippen LogP contribution in [0.4, 0.5) is 0 Å². The van der Waals surface area contributed by atoms with Gasteiger partial charge in [0.1, 0.15) is 25.4 Å². The first kappa shape index (κ1) is 112. The zero-order valence-electron chi connectivity index (χ0n) is 74.1. The molecule has 0 aromatic heterocycles. The van der Waals surface area contributed by atoms with E-state index in [2.05, 4.69) is 179 Å². The number of phosphoric ester groups is 2. The molecule has 5 atom stereocenters. The summed E-state index contributed by atoms with van der Waals surface area (Å²) in [4.78, 5) is 59.0. The molecular formula is C99H170O16P2. The third kappa shape index (κ3) is 91.7. The highest BCUT2D eigenvalue weighted by Gasteiger charge is 2.29. The zero-order chi connectivity index (χ0) is 85.1. The van der Waals surface area contributed by atoms with Crippen molar-refractivity contribution >= 4 is 33.6 Å². The van der Waals surface area contributed by atoms with Crippen molar-refractivity contribution < 1.29 is 75.8 Å². The van der Waals surface area contributed by atoms with E-state index in [4.69, 9.17) is 32.3 Å². The van der Waals surface area contributed by atoms with Gasteiger partial charge < -0.3 is 34.2 Å². The van der Waals surface area contributed by atoms with Crippen LogP contribution in [0, 0.1) is 0 Å². The molecule has 18 heteroatoms. The Morgan fingerprint density at radius 3 is 0.718 bits per heavy atom. The van der Waals surface area contributed by atoms with Crippen LogP contribution in [0.15, 0.2) is 158 Å². The Morgan fingerprint density at radius 1 is 0.248 bits per heavy atom. The van der Waals surface area contributed by atoms with Gasteiger partial charge in [-0.05, 0) is 148 Å². The molecule has 0 aromatic carbocycles. The molecule has 4 N–H and O–H groups in total. The number of hydrogen-bond donors (Lipinski definition) is 4. The molecule has 672 valence electrons. The van der Waals surface area contributed by atoms with Crippen molar-refractivity contribution in [3.8, 4) is 0 Å². The van der Waals surface area contributed by atoms with Crippen LogP contribution in [-0.4, -0.2) is 95.9 Å². The molecule has 0 amide bonds. The summed E-state index contributed by atoms with van der Waals surface area (Å²) in [7, 11) is -9.81. The van der Waals surface area contributed by atoms with Crippen LogP contribution < -0.4 is 0 Å². The highest BCUT2D eigenvalue weighted by atomic mass is 31.2. The van der Waals surface area contributed by atoms with Crippen LogP contribution in [0.1, 0.15) is 393 Å². The first-order valence-corrected chi connectivity index (χ1v) is 49.8. The first-order valence-electron chi connectivity index (χ1n) is 46.8. The molecule has 0 saturated carbocycles. The van der Waals surface area contributed by atoms with E-state index in [0.717, 1.165) is 173 Å². The van der Waals surface area contributed by atoms with E-state index < -0.39 is 91.5 Å². The molecule has 0 aliphatic heterocycles. The van der Waals surface area contributed by atoms with Crippen LogP contribution >= 0.6 is 15.6 Å². The molecule has 0 spiro atoms. The molecule has 0 aliphatic rings. The summed E-state index contributed by atoms with van der Waals surface area (Å²) in [5.41, 5.74) is 0. The Balaban J connectivity index is 4.47. The summed E-state index contributed by atoms with van der Waals surface area (Å²) in [6, 6.07) is 0. The lowest BCUT2D eigenvalue weighted by Crippen LogP contribution is -2.30. The van der Waals surface area contributed by atoms with E-state index in [1.807, 2.05) is 0 Å². The van der Waals surface area contributed by atoms with Crippen molar-refractivity contribution in [2.24, 2.45) is 0 Å². The summed E-state index contributed by atoms with van der Waals surface area (Å²) in [5.74, 6) is -1.58. The van der Waals surface area contributed by atoms with E-state index in [9.17, 15) is 43.5 Å². The van der Waals surface area contributed by atoms with Crippen LogP contribution in [0.2, 0.25) is 0 Å². The molecule has 0 saturated heterocycles. The second kappa shape index (κ2) is 90.4. The van der Waals surface area contributed by atoms with Gasteiger partial charge in [0, 0.05) is 19.3 Å². The number of allylic oxidation sites excluding steroid dienone is 26. The van der Waals surface area contributed by atoms with Crippen molar-refractivity contribution in [2.45, 2.75) is 411 Å². The molecule has 117 heavy (non-hydrogen) atoms. The second-order valence-corrected chi connectivity index (χ2v) is 34.0. The van der Waals surface area contributed by atoms with E-state index in [0.29, 0.717) is 19.3 Å². The highest BCUT2D eigenvalue weighted by Crippen LogP contribution is 2.45. The van der Waals surface area contributed by atoms with Crippen LogP contribution in [0.5, 0.6) is 0 Å². The molecular weight excluding hydrogens is 1510 g/mol. The van der Waals surface area contributed by atoms with Crippen LogP contribution in [-0.2, 0) is 55.8 Å². The van der Waals surface area contributed by atoms with E-state index >= 15 is 0 Å². The van der Waals surface area contributed by atoms with E-state index in [1.54, 1.807) is 0 Å². The number of aliphatic hydroxyl groups is 2. The summed E-state index contributed by atoms with van der Waals surface area (Å²) in [6.45, 7) is 2.46. The Morgan fingerprint density at radius 2 is 0.453 bits per heavy atom. The predicted octanol–water partition coefficient (Wildman–Crippen LogP) is 28.9. The van der Waals surface area contributed by atoms with Gasteiger partial charge in [-0.1, -0.05) is 384 Å². The fourth-order valence-electron chi connectivity index (χ4n) is 12.7. The number of esters is 3. The van der Waals surface area contributed by atoms with Crippen molar-refractivity contribution in [3.05, 3.63) is 158 Å². The minimum absolute atomic E-state index is 0.0892. The number of unbranched alkanes of at least 4 members (excludes halogenated alkanes) is 39. The maximum Gasteiger partial charge on any atom is 0.472 e. The van der Waals surface area contributed by atoms with Gasteiger partial charge >= 0.3 is 33.6 Å². The summed E-state index contributed by atoms with van der Waals surface area (Å²) in [5, 5.41) is 20.7. The minimum Gasteiger partial charge on any atom is -0.463 e. The molecule has 5 unspecified atom stereocenters. The highest BCUT2D eigenvalue weighted by molar-refractivity contribution is 7.47. The number of aliphatic hydroxyl groups excluding tert-OH is 2. The Hall–Kier alpha value is -4.83. The van der Waals surface area contributed by atoms with Crippen molar-refractivity contribution in [2.75, 3.05) is 39.6 Å². The number of carbonyl (C=O) groups is 3. The molecule has 0 aromatic rings. The van der Waals surface area contributed by atoms with Crippen LogP contribution in [0.25, 0.3) is 0 Å². The lowest BCUT2D eigenvalue weighted by molar-refractivity contribution is -0.161. The van der Waals surface area contributed by atoms with E-state index in [-0.39, 0.29) is 19.3 Å². The van der Waals surface area contributed by atoms with Gasteiger partial charge in [-0.2, -0.15) is 0 Å². The molecule has 0 radical (unpaired) electrons. The van der Waals surface area contributed by atoms with Gasteiger partial charge in [-0.25, -0.2) is 9.13 Å². The minimum atomic E-state index is -4.94. The summed E-state index contributed by atoms with van der Waals surface area (Å²) < 4.78 is 61.4. The quantitative estimate of drug-likeness (QED) is 0.0146. The molecule has 0 fully saturated rings. The Bertz CT molecular complexity index is 2760. The number of phosphoric acid groups is 2. The molecule has 16 nitrogen and oxygen atoms in total.